The number of nitrogens with zero attached hydrogens (tertiary/aromatic N) is 1. The molecule has 2 saturated carbocycles. The number of hydrogen-bond acceptors (Lipinski definition) is 3. The van der Waals surface area contributed by atoms with E-state index in [1.54, 1.807) is 0 Å². The highest BCUT2D eigenvalue weighted by molar-refractivity contribution is 4.86. The summed E-state index contributed by atoms with van der Waals surface area (Å²) in [6, 6.07) is 2.14. The molecule has 2 rings (SSSR count). The van der Waals surface area contributed by atoms with Crippen LogP contribution in [0, 0.1) is 0 Å². The van der Waals surface area contributed by atoms with Gasteiger partial charge in [0.2, 0.25) is 0 Å². The first-order valence-electron chi connectivity index (χ1n) is 8.77. The summed E-state index contributed by atoms with van der Waals surface area (Å²) < 4.78 is 5.38. The van der Waals surface area contributed by atoms with E-state index in [-0.39, 0.29) is 0 Å². The van der Waals surface area contributed by atoms with Gasteiger partial charge in [0.25, 0.3) is 0 Å². The third-order valence-corrected chi connectivity index (χ3v) is 5.29. The Balaban J connectivity index is 1.97. The monoisotopic (exact) mass is 282 g/mol. The zero-order valence-corrected chi connectivity index (χ0v) is 13.6. The van der Waals surface area contributed by atoms with Crippen molar-refractivity contribution < 1.29 is 4.74 Å². The molecule has 0 aliphatic heterocycles. The first-order chi connectivity index (χ1) is 9.85. The molecule has 20 heavy (non-hydrogen) atoms. The molecule has 3 nitrogen and oxygen atoms in total. The van der Waals surface area contributed by atoms with Crippen molar-refractivity contribution in [2.75, 3.05) is 27.3 Å². The molecule has 1 N–H and O–H groups in total. The summed E-state index contributed by atoms with van der Waals surface area (Å²) >= 11 is 0. The van der Waals surface area contributed by atoms with Gasteiger partial charge in [-0.05, 0) is 32.7 Å². The minimum absolute atomic E-state index is 0.476. The van der Waals surface area contributed by atoms with E-state index in [9.17, 15) is 0 Å². The number of likely N-dealkylation sites (N-methyl/N-ethyl adjacent to an activating group) is 1. The highest BCUT2D eigenvalue weighted by atomic mass is 16.5. The number of rotatable bonds is 7. The molecular weight excluding hydrogens is 248 g/mol. The van der Waals surface area contributed by atoms with Gasteiger partial charge in [0.05, 0.1) is 6.61 Å². The van der Waals surface area contributed by atoms with Gasteiger partial charge in [-0.1, -0.05) is 38.5 Å². The van der Waals surface area contributed by atoms with E-state index < -0.39 is 0 Å². The minimum atomic E-state index is 0.476. The normalized spacial score (nSPS) is 24.1. The smallest absolute Gasteiger partial charge is 0.0628 e. The maximum atomic E-state index is 5.38. The molecular formula is C17H34N2O. The van der Waals surface area contributed by atoms with Crippen LogP contribution in [0.4, 0.5) is 0 Å². The average Bonchev–Trinajstić information content (AvgIpc) is 2.53. The van der Waals surface area contributed by atoms with Gasteiger partial charge in [-0.25, -0.2) is 0 Å². The molecule has 0 aromatic rings. The van der Waals surface area contributed by atoms with Crippen molar-refractivity contribution in [2.24, 2.45) is 0 Å². The molecule has 0 amide bonds. The third-order valence-electron chi connectivity index (χ3n) is 5.29. The molecule has 0 heterocycles. The fourth-order valence-electron chi connectivity index (χ4n) is 4.10. The van der Waals surface area contributed by atoms with E-state index >= 15 is 0 Å². The minimum Gasteiger partial charge on any atom is -0.383 e. The molecule has 0 aromatic carbocycles. The van der Waals surface area contributed by atoms with Crippen molar-refractivity contribution in [2.45, 2.75) is 82.3 Å². The van der Waals surface area contributed by atoms with Gasteiger partial charge in [0.15, 0.2) is 0 Å². The lowest BCUT2D eigenvalue weighted by molar-refractivity contribution is 0.0555. The van der Waals surface area contributed by atoms with Gasteiger partial charge in [0.1, 0.15) is 0 Å². The maximum absolute atomic E-state index is 5.38. The van der Waals surface area contributed by atoms with Crippen LogP contribution in [0.25, 0.3) is 0 Å². The molecule has 0 saturated heterocycles. The van der Waals surface area contributed by atoms with Gasteiger partial charge in [-0.2, -0.15) is 0 Å². The zero-order valence-electron chi connectivity index (χ0n) is 13.6. The summed E-state index contributed by atoms with van der Waals surface area (Å²) in [5.41, 5.74) is 0. The van der Waals surface area contributed by atoms with Crippen molar-refractivity contribution >= 4 is 0 Å². The van der Waals surface area contributed by atoms with E-state index in [0.717, 1.165) is 18.7 Å². The Labute approximate surface area is 125 Å². The highest BCUT2D eigenvalue weighted by Crippen LogP contribution is 2.30. The molecule has 2 aliphatic carbocycles. The Kier molecular flexibility index (Phi) is 7.32. The van der Waals surface area contributed by atoms with E-state index in [1.807, 2.05) is 7.11 Å². The summed E-state index contributed by atoms with van der Waals surface area (Å²) in [6.45, 7) is 1.99. The lowest BCUT2D eigenvalue weighted by atomic mass is 9.88. The van der Waals surface area contributed by atoms with Gasteiger partial charge in [0, 0.05) is 31.8 Å². The van der Waals surface area contributed by atoms with Gasteiger partial charge < -0.3 is 10.1 Å². The molecule has 1 atom stereocenters. The fourth-order valence-corrected chi connectivity index (χ4v) is 4.10. The second-order valence-electron chi connectivity index (χ2n) is 6.72. The summed E-state index contributed by atoms with van der Waals surface area (Å²) in [4.78, 5) is 2.86. The fraction of sp³-hybridized carbons (Fsp3) is 1.00. The largest absolute Gasteiger partial charge is 0.383 e. The van der Waals surface area contributed by atoms with Crippen LogP contribution in [0.5, 0.6) is 0 Å². The first kappa shape index (κ1) is 16.3. The number of hydrogen-bond donors (Lipinski definition) is 1. The summed E-state index contributed by atoms with van der Waals surface area (Å²) in [6.07, 6.45) is 14.3. The molecule has 118 valence electrons. The Bertz CT molecular complexity index is 229. The van der Waals surface area contributed by atoms with Crippen LogP contribution in [-0.2, 0) is 4.74 Å². The van der Waals surface area contributed by atoms with E-state index in [4.69, 9.17) is 4.74 Å². The highest BCUT2D eigenvalue weighted by Gasteiger charge is 2.30. The lowest BCUT2D eigenvalue weighted by Gasteiger charge is -2.43. The first-order valence-corrected chi connectivity index (χ1v) is 8.77. The number of ether oxygens (including phenoxy) is 1. The zero-order chi connectivity index (χ0) is 14.2. The van der Waals surface area contributed by atoms with E-state index in [1.165, 1.54) is 70.8 Å². The summed E-state index contributed by atoms with van der Waals surface area (Å²) in [7, 11) is 3.89. The second-order valence-corrected chi connectivity index (χ2v) is 6.72. The summed E-state index contributed by atoms with van der Waals surface area (Å²) in [5, 5.41) is 3.44. The Morgan fingerprint density at radius 2 is 1.45 bits per heavy atom. The molecule has 0 bridgehead atoms. The SMILES string of the molecule is CNC(COC)CN(C1CCCCC1)C1CCCCC1. The maximum Gasteiger partial charge on any atom is 0.0628 e. The predicted molar refractivity (Wildman–Crippen MR) is 85.2 cm³/mol. The lowest BCUT2D eigenvalue weighted by Crippen LogP contribution is -2.52. The van der Waals surface area contributed by atoms with Crippen molar-refractivity contribution in [3.63, 3.8) is 0 Å². The van der Waals surface area contributed by atoms with Gasteiger partial charge >= 0.3 is 0 Å². The molecule has 0 radical (unpaired) electrons. The van der Waals surface area contributed by atoms with Gasteiger partial charge in [-0.15, -0.1) is 0 Å². The Morgan fingerprint density at radius 1 is 0.950 bits per heavy atom. The van der Waals surface area contributed by atoms with Crippen LogP contribution < -0.4 is 5.32 Å². The van der Waals surface area contributed by atoms with Crippen LogP contribution in [0.3, 0.4) is 0 Å². The molecule has 3 heteroatoms. The van der Waals surface area contributed by atoms with Gasteiger partial charge in [-0.3, -0.25) is 4.90 Å². The predicted octanol–water partition coefficient (Wildman–Crippen LogP) is 3.19. The average molecular weight is 282 g/mol. The summed E-state index contributed by atoms with van der Waals surface area (Å²) in [5.74, 6) is 0. The quantitative estimate of drug-likeness (QED) is 0.776. The van der Waals surface area contributed by atoms with Crippen molar-refractivity contribution in [3.8, 4) is 0 Å². The molecule has 1 unspecified atom stereocenters. The second kappa shape index (κ2) is 9.01. The van der Waals surface area contributed by atoms with Crippen LogP contribution in [0.1, 0.15) is 64.2 Å². The van der Waals surface area contributed by atoms with Crippen molar-refractivity contribution in [1.82, 2.24) is 10.2 Å². The standard InChI is InChI=1S/C17H34N2O/c1-18-15(14-20-2)13-19(16-9-5-3-6-10-16)17-11-7-4-8-12-17/h15-18H,3-14H2,1-2H3. The van der Waals surface area contributed by atoms with Crippen molar-refractivity contribution in [3.05, 3.63) is 0 Å². The topological polar surface area (TPSA) is 24.5 Å². The molecule has 0 aromatic heterocycles. The molecule has 0 spiro atoms. The Hall–Kier alpha value is -0.120. The van der Waals surface area contributed by atoms with Crippen LogP contribution in [0.15, 0.2) is 0 Å². The third kappa shape index (κ3) is 4.71. The van der Waals surface area contributed by atoms with E-state index in [2.05, 4.69) is 17.3 Å². The number of methoxy groups -OCH3 is 1. The van der Waals surface area contributed by atoms with E-state index in [0.29, 0.717) is 6.04 Å². The van der Waals surface area contributed by atoms with Crippen LogP contribution in [0.2, 0.25) is 0 Å². The van der Waals surface area contributed by atoms with Crippen LogP contribution in [-0.4, -0.2) is 50.3 Å². The van der Waals surface area contributed by atoms with Crippen molar-refractivity contribution in [1.29, 1.82) is 0 Å². The number of nitrogens with one attached hydrogen (secondary N) is 1. The van der Waals surface area contributed by atoms with Crippen LogP contribution >= 0.6 is 0 Å². The Morgan fingerprint density at radius 3 is 1.85 bits per heavy atom. The molecule has 2 aliphatic rings. The molecule has 2 fully saturated rings.